The molecule has 0 saturated carbocycles. The fourth-order valence-electron chi connectivity index (χ4n) is 5.33. The maximum Gasteiger partial charge on any atom is 0.245 e. The quantitative estimate of drug-likeness (QED) is 0.503. The third kappa shape index (κ3) is 8.20. The SMILES string of the molecule is CC(C)CC(C(=O)N1CCC(COc2ccc(CN(C)C)cc2)CC1)N1CCN[C@@H](CC(C)C)C1=O. The summed E-state index contributed by atoms with van der Waals surface area (Å²) in [6.45, 7) is 13.0. The van der Waals surface area contributed by atoms with Gasteiger partial charge in [0.2, 0.25) is 11.8 Å². The first-order valence-corrected chi connectivity index (χ1v) is 13.8. The van der Waals surface area contributed by atoms with Gasteiger partial charge in [-0.1, -0.05) is 39.8 Å². The van der Waals surface area contributed by atoms with Crippen LogP contribution in [0.3, 0.4) is 0 Å². The van der Waals surface area contributed by atoms with Gasteiger partial charge in [-0.2, -0.15) is 0 Å². The highest BCUT2D eigenvalue weighted by atomic mass is 16.5. The number of piperidine rings is 1. The zero-order valence-corrected chi connectivity index (χ0v) is 23.3. The minimum Gasteiger partial charge on any atom is -0.493 e. The lowest BCUT2D eigenvalue weighted by atomic mass is 9.94. The molecule has 3 rings (SSSR count). The van der Waals surface area contributed by atoms with E-state index in [2.05, 4.69) is 64.1 Å². The Kier molecular flexibility index (Phi) is 10.6. The maximum atomic E-state index is 13.7. The lowest BCUT2D eigenvalue weighted by Gasteiger charge is -2.42. The van der Waals surface area contributed by atoms with E-state index >= 15 is 0 Å². The van der Waals surface area contributed by atoms with Crippen molar-refractivity contribution in [1.82, 2.24) is 20.0 Å². The zero-order chi connectivity index (χ0) is 26.2. The summed E-state index contributed by atoms with van der Waals surface area (Å²) in [5.41, 5.74) is 1.27. The molecule has 2 atom stereocenters. The molecule has 36 heavy (non-hydrogen) atoms. The van der Waals surface area contributed by atoms with E-state index < -0.39 is 0 Å². The van der Waals surface area contributed by atoms with Gasteiger partial charge in [-0.3, -0.25) is 9.59 Å². The molecule has 2 saturated heterocycles. The zero-order valence-electron chi connectivity index (χ0n) is 23.3. The number of nitrogens with zero attached hydrogens (tertiary/aromatic N) is 3. The van der Waals surface area contributed by atoms with Gasteiger partial charge in [-0.05, 0) is 75.2 Å². The first-order chi connectivity index (χ1) is 17.1. The Morgan fingerprint density at radius 2 is 1.72 bits per heavy atom. The van der Waals surface area contributed by atoms with Crippen LogP contribution < -0.4 is 10.1 Å². The molecule has 0 aromatic heterocycles. The average Bonchev–Trinajstić information content (AvgIpc) is 2.83. The van der Waals surface area contributed by atoms with Gasteiger partial charge in [0.1, 0.15) is 11.8 Å². The third-order valence-electron chi connectivity index (χ3n) is 7.22. The molecule has 0 spiro atoms. The predicted molar refractivity (Wildman–Crippen MR) is 145 cm³/mol. The number of likely N-dealkylation sites (tertiary alicyclic amines) is 1. The summed E-state index contributed by atoms with van der Waals surface area (Å²) in [5.74, 6) is 2.34. The summed E-state index contributed by atoms with van der Waals surface area (Å²) in [6, 6.07) is 7.79. The molecule has 0 bridgehead atoms. The molecule has 7 heteroatoms. The number of benzene rings is 1. The molecule has 2 aliphatic rings. The van der Waals surface area contributed by atoms with Crippen LogP contribution in [-0.2, 0) is 16.1 Å². The molecule has 202 valence electrons. The second kappa shape index (κ2) is 13.4. The van der Waals surface area contributed by atoms with Gasteiger partial charge >= 0.3 is 0 Å². The summed E-state index contributed by atoms with van der Waals surface area (Å²) in [5, 5.41) is 3.37. The molecular formula is C29H48N4O3. The standard InChI is InChI=1S/C29H48N4O3/c1-21(2)17-26-28(34)33(16-13-30-26)27(18-22(3)4)29(35)32-14-11-24(12-15-32)20-36-25-9-7-23(8-10-25)19-31(5)6/h7-10,21-22,24,26-27,30H,11-20H2,1-6H3/t26-,27?/m0/s1. The molecular weight excluding hydrogens is 452 g/mol. The van der Waals surface area contributed by atoms with Crippen molar-refractivity contribution in [2.75, 3.05) is 46.9 Å². The van der Waals surface area contributed by atoms with Gasteiger partial charge < -0.3 is 24.8 Å². The van der Waals surface area contributed by atoms with Gasteiger partial charge in [-0.25, -0.2) is 0 Å². The second-order valence-corrected chi connectivity index (χ2v) is 11.8. The van der Waals surface area contributed by atoms with Gasteiger partial charge in [0, 0.05) is 32.7 Å². The monoisotopic (exact) mass is 500 g/mol. The van der Waals surface area contributed by atoms with Crippen molar-refractivity contribution in [3.8, 4) is 5.75 Å². The number of carbonyl (C=O) groups excluding carboxylic acids is 2. The molecule has 1 aromatic carbocycles. The lowest BCUT2D eigenvalue weighted by molar-refractivity contribution is -0.150. The van der Waals surface area contributed by atoms with E-state index in [1.807, 2.05) is 21.9 Å². The number of piperazine rings is 1. The van der Waals surface area contributed by atoms with Crippen LogP contribution in [0.25, 0.3) is 0 Å². The van der Waals surface area contributed by atoms with E-state index in [1.165, 1.54) is 5.56 Å². The van der Waals surface area contributed by atoms with Crippen LogP contribution >= 0.6 is 0 Å². The predicted octanol–water partition coefficient (Wildman–Crippen LogP) is 3.63. The number of hydrogen-bond donors (Lipinski definition) is 1. The Hall–Kier alpha value is -2.12. The Morgan fingerprint density at radius 1 is 1.06 bits per heavy atom. The molecule has 7 nitrogen and oxygen atoms in total. The van der Waals surface area contributed by atoms with E-state index in [0.717, 1.165) is 51.2 Å². The molecule has 0 radical (unpaired) electrons. The smallest absolute Gasteiger partial charge is 0.245 e. The Labute approximate surface area is 218 Å². The minimum atomic E-state index is -0.359. The number of amides is 2. The van der Waals surface area contributed by atoms with E-state index in [1.54, 1.807) is 0 Å². The maximum absolute atomic E-state index is 13.7. The van der Waals surface area contributed by atoms with Crippen molar-refractivity contribution in [1.29, 1.82) is 0 Å². The summed E-state index contributed by atoms with van der Waals surface area (Å²) in [6.07, 6.45) is 3.39. The molecule has 0 aliphatic carbocycles. The first-order valence-electron chi connectivity index (χ1n) is 13.8. The lowest BCUT2D eigenvalue weighted by Crippen LogP contribution is -2.62. The van der Waals surface area contributed by atoms with Crippen molar-refractivity contribution in [2.45, 2.75) is 72.0 Å². The van der Waals surface area contributed by atoms with Crippen molar-refractivity contribution in [3.63, 3.8) is 0 Å². The summed E-state index contributed by atoms with van der Waals surface area (Å²) in [4.78, 5) is 33.0. The van der Waals surface area contributed by atoms with Crippen LogP contribution in [0.4, 0.5) is 0 Å². The molecule has 2 amide bonds. The number of ether oxygens (including phenoxy) is 1. The highest BCUT2D eigenvalue weighted by molar-refractivity contribution is 5.90. The van der Waals surface area contributed by atoms with E-state index in [0.29, 0.717) is 37.3 Å². The van der Waals surface area contributed by atoms with Crippen LogP contribution in [0.1, 0.15) is 58.9 Å². The van der Waals surface area contributed by atoms with Gasteiger partial charge in [0.15, 0.2) is 0 Å². The summed E-state index contributed by atoms with van der Waals surface area (Å²) in [7, 11) is 4.13. The van der Waals surface area contributed by atoms with E-state index in [4.69, 9.17) is 4.74 Å². The number of rotatable bonds is 11. The van der Waals surface area contributed by atoms with Crippen LogP contribution in [0.2, 0.25) is 0 Å². The minimum absolute atomic E-state index is 0.0915. The second-order valence-electron chi connectivity index (χ2n) is 11.8. The van der Waals surface area contributed by atoms with Crippen LogP contribution in [0.15, 0.2) is 24.3 Å². The van der Waals surface area contributed by atoms with Gasteiger partial charge in [0.25, 0.3) is 0 Å². The summed E-state index contributed by atoms with van der Waals surface area (Å²) < 4.78 is 6.08. The van der Waals surface area contributed by atoms with Crippen molar-refractivity contribution >= 4 is 11.8 Å². The molecule has 2 aliphatic heterocycles. The highest BCUT2D eigenvalue weighted by Crippen LogP contribution is 2.24. The normalized spacial score (nSPS) is 20.5. The highest BCUT2D eigenvalue weighted by Gasteiger charge is 2.39. The first kappa shape index (κ1) is 28.5. The van der Waals surface area contributed by atoms with Crippen LogP contribution in [-0.4, -0.2) is 85.5 Å². The fraction of sp³-hybridized carbons (Fsp3) is 0.724. The van der Waals surface area contributed by atoms with Crippen molar-refractivity contribution in [2.24, 2.45) is 17.8 Å². The Morgan fingerprint density at radius 3 is 2.31 bits per heavy atom. The van der Waals surface area contributed by atoms with Gasteiger partial charge in [-0.15, -0.1) is 0 Å². The molecule has 2 fully saturated rings. The van der Waals surface area contributed by atoms with Crippen molar-refractivity contribution in [3.05, 3.63) is 29.8 Å². The van der Waals surface area contributed by atoms with Crippen LogP contribution in [0, 0.1) is 17.8 Å². The molecule has 1 aromatic rings. The Balaban J connectivity index is 1.53. The van der Waals surface area contributed by atoms with Crippen LogP contribution in [0.5, 0.6) is 5.75 Å². The third-order valence-corrected chi connectivity index (χ3v) is 7.22. The van der Waals surface area contributed by atoms with E-state index in [-0.39, 0.29) is 23.9 Å². The number of carbonyl (C=O) groups is 2. The topological polar surface area (TPSA) is 65.1 Å². The molecule has 2 heterocycles. The molecule has 1 unspecified atom stereocenters. The Bertz CT molecular complexity index is 831. The number of hydrogen-bond acceptors (Lipinski definition) is 5. The fourth-order valence-corrected chi connectivity index (χ4v) is 5.33. The van der Waals surface area contributed by atoms with Gasteiger partial charge in [0.05, 0.1) is 12.6 Å². The molecule has 1 N–H and O–H groups in total. The van der Waals surface area contributed by atoms with Crippen molar-refractivity contribution < 1.29 is 14.3 Å². The van der Waals surface area contributed by atoms with E-state index in [9.17, 15) is 9.59 Å². The number of nitrogens with one attached hydrogen (secondary N) is 1. The summed E-state index contributed by atoms with van der Waals surface area (Å²) >= 11 is 0. The average molecular weight is 501 g/mol. The largest absolute Gasteiger partial charge is 0.493 e.